The molecule has 0 unspecified atom stereocenters. The van der Waals surface area contributed by atoms with E-state index in [1.807, 2.05) is 4.90 Å². The molecule has 0 spiro atoms. The number of ether oxygens (including phenoxy) is 1. The number of alkyl halides is 3. The van der Waals surface area contributed by atoms with E-state index in [-0.39, 0.29) is 28.5 Å². The van der Waals surface area contributed by atoms with Crippen LogP contribution in [-0.2, 0) is 10.9 Å². The number of nitrogens with zero attached hydrogens (tertiary/aromatic N) is 4. The number of morpholine rings is 1. The van der Waals surface area contributed by atoms with Gasteiger partial charge in [-0.15, -0.1) is 0 Å². The van der Waals surface area contributed by atoms with Crippen molar-refractivity contribution in [3.05, 3.63) is 89.6 Å². The molecule has 9 nitrogen and oxygen atoms in total. The number of hydrogen-bond donors (Lipinski definition) is 3. The fourth-order valence-corrected chi connectivity index (χ4v) is 5.32. The summed E-state index contributed by atoms with van der Waals surface area (Å²) in [5, 5.41) is 14.8. The lowest BCUT2D eigenvalue weighted by Gasteiger charge is -2.31. The number of carbonyl (C=O) groups excluding carboxylic acids is 1. The minimum absolute atomic E-state index is 0.00763. The van der Waals surface area contributed by atoms with E-state index < -0.39 is 23.6 Å². The number of benzene rings is 3. The molecule has 45 heavy (non-hydrogen) atoms. The molecule has 3 aromatic carbocycles. The Morgan fingerprint density at radius 2 is 1.78 bits per heavy atom. The number of rotatable bonds is 5. The summed E-state index contributed by atoms with van der Waals surface area (Å²) in [7, 11) is 0. The number of nitrogens with one attached hydrogen (secondary N) is 1. The van der Waals surface area contributed by atoms with Crippen LogP contribution in [0, 0.1) is 12.9 Å². The molecule has 0 atom stereocenters. The number of nitrogens with two attached hydrogens (primary N) is 1. The highest BCUT2D eigenvalue weighted by Gasteiger charge is 2.32. The quantitative estimate of drug-likeness (QED) is 0.157. The lowest BCUT2D eigenvalue weighted by molar-refractivity contribution is -0.137. The zero-order chi connectivity index (χ0) is 31.9. The van der Waals surface area contributed by atoms with Crippen molar-refractivity contribution in [2.24, 2.45) is 0 Å². The van der Waals surface area contributed by atoms with E-state index in [4.69, 9.17) is 10.5 Å². The molecule has 6 rings (SSSR count). The summed E-state index contributed by atoms with van der Waals surface area (Å²) in [5.74, 6) is -1.61. The zero-order valence-electron chi connectivity index (χ0n) is 23.8. The van der Waals surface area contributed by atoms with Crippen LogP contribution in [0.2, 0.25) is 0 Å². The third-order valence-electron chi connectivity index (χ3n) is 7.59. The van der Waals surface area contributed by atoms with Gasteiger partial charge in [0.15, 0.2) is 0 Å². The van der Waals surface area contributed by atoms with Gasteiger partial charge in [0.25, 0.3) is 5.91 Å². The Labute approximate surface area is 254 Å². The SMILES string of the molecule is Cc1ccc(C(=O)Nc2cc(C(F)(F)F)ccc2N2CCOCC2)cc1-c1cc2cnc(N)nc2c(-c2ccc(F)nc2)c1O. The minimum Gasteiger partial charge on any atom is -0.507 e. The number of nitrogen functional groups attached to an aromatic ring is 1. The van der Waals surface area contributed by atoms with Crippen molar-refractivity contribution in [3.63, 3.8) is 0 Å². The monoisotopic (exact) mass is 618 g/mol. The smallest absolute Gasteiger partial charge is 0.416 e. The topological polar surface area (TPSA) is 126 Å². The molecule has 0 saturated carbocycles. The van der Waals surface area contributed by atoms with Gasteiger partial charge in [-0.2, -0.15) is 17.6 Å². The van der Waals surface area contributed by atoms with Crippen molar-refractivity contribution in [2.45, 2.75) is 13.1 Å². The molecule has 13 heteroatoms. The van der Waals surface area contributed by atoms with Crippen molar-refractivity contribution >= 4 is 34.1 Å². The molecule has 5 aromatic rings. The maximum absolute atomic E-state index is 13.6. The Balaban J connectivity index is 1.43. The Kier molecular flexibility index (Phi) is 7.71. The van der Waals surface area contributed by atoms with Crippen LogP contribution in [-0.4, -0.2) is 52.3 Å². The molecule has 1 saturated heterocycles. The molecule has 0 bridgehead atoms. The first kappa shape index (κ1) is 29.8. The van der Waals surface area contributed by atoms with Gasteiger partial charge in [-0.25, -0.2) is 15.0 Å². The van der Waals surface area contributed by atoms with Crippen LogP contribution >= 0.6 is 0 Å². The summed E-state index contributed by atoms with van der Waals surface area (Å²) in [4.78, 5) is 27.5. The largest absolute Gasteiger partial charge is 0.507 e. The number of anilines is 3. The molecular weight excluding hydrogens is 592 g/mol. The van der Waals surface area contributed by atoms with Gasteiger partial charge in [0.05, 0.1) is 41.2 Å². The van der Waals surface area contributed by atoms with Crippen molar-refractivity contribution in [1.82, 2.24) is 15.0 Å². The highest BCUT2D eigenvalue weighted by Crippen LogP contribution is 2.44. The number of aryl methyl sites for hydroxylation is 1. The molecule has 230 valence electrons. The summed E-state index contributed by atoms with van der Waals surface area (Å²) in [5.41, 5.74) is 7.90. The van der Waals surface area contributed by atoms with Crippen LogP contribution in [0.15, 0.2) is 67.0 Å². The number of hydrogen-bond acceptors (Lipinski definition) is 8. The van der Waals surface area contributed by atoms with Crippen molar-refractivity contribution in [2.75, 3.05) is 42.3 Å². The van der Waals surface area contributed by atoms with Crippen LogP contribution in [0.1, 0.15) is 21.5 Å². The molecule has 3 heterocycles. The predicted molar refractivity (Wildman–Crippen MR) is 161 cm³/mol. The van der Waals surface area contributed by atoms with Gasteiger partial charge in [-0.05, 0) is 66.6 Å². The van der Waals surface area contributed by atoms with Gasteiger partial charge in [-0.3, -0.25) is 4.79 Å². The van der Waals surface area contributed by atoms with Crippen LogP contribution in [0.3, 0.4) is 0 Å². The summed E-state index contributed by atoms with van der Waals surface area (Å²) in [6.45, 7) is 3.48. The van der Waals surface area contributed by atoms with E-state index in [0.29, 0.717) is 65.1 Å². The van der Waals surface area contributed by atoms with E-state index in [1.54, 1.807) is 31.2 Å². The van der Waals surface area contributed by atoms with E-state index in [1.165, 1.54) is 24.5 Å². The number of phenolic OH excluding ortho intramolecular Hbond substituents is 1. The highest BCUT2D eigenvalue weighted by molar-refractivity contribution is 6.08. The summed E-state index contributed by atoms with van der Waals surface area (Å²) >= 11 is 0. The first-order chi connectivity index (χ1) is 21.5. The maximum Gasteiger partial charge on any atom is 0.416 e. The maximum atomic E-state index is 13.6. The fourth-order valence-electron chi connectivity index (χ4n) is 5.32. The molecule has 1 aliphatic rings. The van der Waals surface area contributed by atoms with E-state index in [0.717, 1.165) is 18.2 Å². The molecule has 1 amide bonds. The number of aromatic nitrogens is 3. The predicted octanol–water partition coefficient (Wildman–Crippen LogP) is 6.20. The third-order valence-corrected chi connectivity index (χ3v) is 7.59. The van der Waals surface area contributed by atoms with E-state index in [9.17, 15) is 27.5 Å². The first-order valence-electron chi connectivity index (χ1n) is 13.9. The average Bonchev–Trinajstić information content (AvgIpc) is 3.02. The van der Waals surface area contributed by atoms with E-state index >= 15 is 0 Å². The summed E-state index contributed by atoms with van der Waals surface area (Å²) in [6, 6.07) is 12.2. The second-order valence-corrected chi connectivity index (χ2v) is 10.5. The molecule has 1 aliphatic heterocycles. The van der Waals surface area contributed by atoms with Gasteiger partial charge in [0.2, 0.25) is 11.9 Å². The number of carbonyl (C=O) groups is 1. The lowest BCUT2D eigenvalue weighted by atomic mass is 9.92. The van der Waals surface area contributed by atoms with Crippen molar-refractivity contribution in [1.29, 1.82) is 0 Å². The molecule has 2 aromatic heterocycles. The summed E-state index contributed by atoms with van der Waals surface area (Å²) in [6.07, 6.45) is -1.88. The number of phenols is 1. The number of aromatic hydroxyl groups is 1. The van der Waals surface area contributed by atoms with Crippen molar-refractivity contribution < 1.29 is 32.2 Å². The average molecular weight is 619 g/mol. The second kappa shape index (κ2) is 11.7. The van der Waals surface area contributed by atoms with Gasteiger partial charge >= 0.3 is 6.18 Å². The Morgan fingerprint density at radius 1 is 1.00 bits per heavy atom. The standard InChI is InChI=1S/C32H26F4N6O3/c1-17-2-3-18(30(44)40-24-14-21(32(34,35)36)5-6-25(24)42-8-10-45-11-9-42)12-22(17)23-13-20-16-39-31(37)41-28(20)27(29(23)43)19-4-7-26(33)38-15-19/h2-7,12-16,43H,8-11H2,1H3,(H,40,44)(H2,37,39,41). The molecule has 4 N–H and O–H groups in total. The van der Waals surface area contributed by atoms with Gasteiger partial charge in [-0.1, -0.05) is 6.07 Å². The molecule has 1 fully saturated rings. The second-order valence-electron chi connectivity index (χ2n) is 10.5. The van der Waals surface area contributed by atoms with E-state index in [2.05, 4.69) is 20.3 Å². The first-order valence-corrected chi connectivity index (χ1v) is 13.9. The normalized spacial score (nSPS) is 13.7. The molecular formula is C32H26F4N6O3. The number of amides is 1. The van der Waals surface area contributed by atoms with Crippen LogP contribution in [0.5, 0.6) is 5.75 Å². The number of pyridine rings is 1. The Morgan fingerprint density at radius 3 is 2.49 bits per heavy atom. The summed E-state index contributed by atoms with van der Waals surface area (Å²) < 4.78 is 59.9. The highest BCUT2D eigenvalue weighted by atomic mass is 19.4. The van der Waals surface area contributed by atoms with Gasteiger partial charge < -0.3 is 25.8 Å². The van der Waals surface area contributed by atoms with Crippen molar-refractivity contribution in [3.8, 4) is 28.0 Å². The Hall–Kier alpha value is -5.30. The molecule has 0 radical (unpaired) electrons. The minimum atomic E-state index is -4.61. The Bertz CT molecular complexity index is 1930. The fraction of sp³-hybridized carbons (Fsp3) is 0.188. The number of halogens is 4. The van der Waals surface area contributed by atoms with Crippen LogP contribution < -0.4 is 16.0 Å². The lowest BCUT2D eigenvalue weighted by Crippen LogP contribution is -2.36. The third kappa shape index (κ3) is 5.94. The number of fused-ring (bicyclic) bond motifs is 1. The van der Waals surface area contributed by atoms with Gasteiger partial charge in [0, 0.05) is 47.6 Å². The molecule has 0 aliphatic carbocycles. The zero-order valence-corrected chi connectivity index (χ0v) is 23.8. The van der Waals surface area contributed by atoms with Crippen LogP contribution in [0.4, 0.5) is 34.9 Å². The van der Waals surface area contributed by atoms with Gasteiger partial charge in [0.1, 0.15) is 5.75 Å². The van der Waals surface area contributed by atoms with Crippen LogP contribution in [0.25, 0.3) is 33.2 Å².